The first-order chi connectivity index (χ1) is 8.61. The molecular formula is C16H25NO. The first-order valence-electron chi connectivity index (χ1n) is 6.99. The van der Waals surface area contributed by atoms with Crippen LogP contribution in [0.4, 0.5) is 0 Å². The molecule has 0 heterocycles. The van der Waals surface area contributed by atoms with Crippen molar-refractivity contribution < 1.29 is 4.74 Å². The van der Waals surface area contributed by atoms with E-state index in [-0.39, 0.29) is 0 Å². The normalized spacial score (nSPS) is 16.9. The number of hydrogen-bond acceptors (Lipinski definition) is 2. The second kappa shape index (κ2) is 5.75. The number of ether oxygens (including phenoxy) is 1. The largest absolute Gasteiger partial charge is 0.496 e. The lowest BCUT2D eigenvalue weighted by atomic mass is 9.87. The minimum absolute atomic E-state index is 0.528. The van der Waals surface area contributed by atoms with E-state index in [0.29, 0.717) is 11.8 Å². The van der Waals surface area contributed by atoms with Crippen molar-refractivity contribution in [2.45, 2.75) is 45.6 Å². The zero-order valence-electron chi connectivity index (χ0n) is 12.0. The maximum atomic E-state index is 5.53. The Morgan fingerprint density at radius 2 is 2.06 bits per heavy atom. The molecule has 0 aromatic heterocycles. The predicted molar refractivity (Wildman–Crippen MR) is 76.3 cm³/mol. The highest BCUT2D eigenvalue weighted by atomic mass is 16.5. The van der Waals surface area contributed by atoms with Crippen LogP contribution < -0.4 is 10.1 Å². The van der Waals surface area contributed by atoms with Gasteiger partial charge in [0.2, 0.25) is 0 Å². The fraction of sp³-hybridized carbons (Fsp3) is 0.625. The summed E-state index contributed by atoms with van der Waals surface area (Å²) in [5.41, 5.74) is 2.66. The summed E-state index contributed by atoms with van der Waals surface area (Å²) in [4.78, 5) is 0. The number of aryl methyl sites for hydroxylation is 1. The van der Waals surface area contributed by atoms with Crippen LogP contribution in [-0.2, 0) is 0 Å². The van der Waals surface area contributed by atoms with Gasteiger partial charge in [-0.2, -0.15) is 0 Å². The van der Waals surface area contributed by atoms with Gasteiger partial charge in [0, 0.05) is 18.5 Å². The summed E-state index contributed by atoms with van der Waals surface area (Å²) in [7, 11) is 1.76. The van der Waals surface area contributed by atoms with Crippen LogP contribution in [0.1, 0.15) is 43.7 Å². The molecule has 2 nitrogen and oxygen atoms in total. The van der Waals surface area contributed by atoms with Gasteiger partial charge in [-0.3, -0.25) is 0 Å². The summed E-state index contributed by atoms with van der Waals surface area (Å²) >= 11 is 0. The zero-order valence-corrected chi connectivity index (χ0v) is 12.0. The molecule has 0 aliphatic heterocycles. The van der Waals surface area contributed by atoms with Crippen LogP contribution in [0, 0.1) is 12.8 Å². The Morgan fingerprint density at radius 1 is 1.33 bits per heavy atom. The molecular weight excluding hydrogens is 222 g/mol. The molecule has 0 saturated heterocycles. The molecule has 1 atom stereocenters. The SMILES string of the molecule is COc1ccc(C)cc1C(CNC1CC1)C(C)C. The Balaban J connectivity index is 2.19. The van der Waals surface area contributed by atoms with Gasteiger partial charge in [-0.15, -0.1) is 0 Å². The van der Waals surface area contributed by atoms with Gasteiger partial charge in [-0.25, -0.2) is 0 Å². The maximum absolute atomic E-state index is 5.53. The van der Waals surface area contributed by atoms with Gasteiger partial charge >= 0.3 is 0 Å². The molecule has 100 valence electrons. The molecule has 1 aliphatic rings. The second-order valence-corrected chi connectivity index (χ2v) is 5.78. The zero-order chi connectivity index (χ0) is 13.1. The van der Waals surface area contributed by atoms with E-state index < -0.39 is 0 Å². The summed E-state index contributed by atoms with van der Waals surface area (Å²) in [6.45, 7) is 7.79. The lowest BCUT2D eigenvalue weighted by molar-refractivity contribution is 0.388. The summed E-state index contributed by atoms with van der Waals surface area (Å²) in [6, 6.07) is 7.26. The molecule has 2 heteroatoms. The van der Waals surface area contributed by atoms with Crippen LogP contribution in [0.25, 0.3) is 0 Å². The van der Waals surface area contributed by atoms with Gasteiger partial charge < -0.3 is 10.1 Å². The van der Waals surface area contributed by atoms with Gasteiger partial charge in [-0.05, 0) is 37.3 Å². The second-order valence-electron chi connectivity index (χ2n) is 5.78. The third-order valence-electron chi connectivity index (χ3n) is 3.79. The first-order valence-corrected chi connectivity index (χ1v) is 6.99. The van der Waals surface area contributed by atoms with Gasteiger partial charge in [0.25, 0.3) is 0 Å². The number of benzene rings is 1. The van der Waals surface area contributed by atoms with Crippen molar-refractivity contribution in [2.75, 3.05) is 13.7 Å². The first kappa shape index (κ1) is 13.4. The molecule has 0 bridgehead atoms. The summed E-state index contributed by atoms with van der Waals surface area (Å²) in [5, 5.41) is 3.65. The van der Waals surface area contributed by atoms with Crippen LogP contribution >= 0.6 is 0 Å². The van der Waals surface area contributed by atoms with E-state index >= 15 is 0 Å². The number of methoxy groups -OCH3 is 1. The van der Waals surface area contributed by atoms with Gasteiger partial charge in [0.05, 0.1) is 7.11 Å². The minimum atomic E-state index is 0.528. The summed E-state index contributed by atoms with van der Waals surface area (Å²) in [6.07, 6.45) is 2.69. The van der Waals surface area contributed by atoms with E-state index in [1.807, 2.05) is 0 Å². The Bertz CT molecular complexity index is 396. The standard InChI is InChI=1S/C16H25NO/c1-11(2)15(10-17-13-6-7-13)14-9-12(3)5-8-16(14)18-4/h5,8-9,11,13,15,17H,6-7,10H2,1-4H3. The van der Waals surface area contributed by atoms with Crippen LogP contribution in [0.5, 0.6) is 5.75 Å². The van der Waals surface area contributed by atoms with E-state index in [0.717, 1.165) is 18.3 Å². The van der Waals surface area contributed by atoms with E-state index in [2.05, 4.69) is 44.3 Å². The molecule has 1 unspecified atom stereocenters. The topological polar surface area (TPSA) is 21.3 Å². The van der Waals surface area contributed by atoms with Crippen LogP contribution in [0.15, 0.2) is 18.2 Å². The lowest BCUT2D eigenvalue weighted by Gasteiger charge is -2.24. The maximum Gasteiger partial charge on any atom is 0.122 e. The third-order valence-corrected chi connectivity index (χ3v) is 3.79. The fourth-order valence-corrected chi connectivity index (χ4v) is 2.43. The van der Waals surface area contributed by atoms with Crippen LogP contribution in [-0.4, -0.2) is 19.7 Å². The van der Waals surface area contributed by atoms with Crippen molar-refractivity contribution in [3.05, 3.63) is 29.3 Å². The molecule has 1 aliphatic carbocycles. The third kappa shape index (κ3) is 3.26. The van der Waals surface area contributed by atoms with Gasteiger partial charge in [0.1, 0.15) is 5.75 Å². The van der Waals surface area contributed by atoms with E-state index in [1.165, 1.54) is 24.0 Å². The summed E-state index contributed by atoms with van der Waals surface area (Å²) < 4.78 is 5.53. The van der Waals surface area contributed by atoms with Crippen LogP contribution in [0.2, 0.25) is 0 Å². The average molecular weight is 247 g/mol. The van der Waals surface area contributed by atoms with Crippen molar-refractivity contribution in [1.82, 2.24) is 5.32 Å². The highest BCUT2D eigenvalue weighted by Crippen LogP contribution is 2.33. The number of nitrogens with one attached hydrogen (secondary N) is 1. The molecule has 18 heavy (non-hydrogen) atoms. The van der Waals surface area contributed by atoms with Gasteiger partial charge in [0.15, 0.2) is 0 Å². The number of rotatable bonds is 6. The predicted octanol–water partition coefficient (Wildman–Crippen LogP) is 3.50. The molecule has 2 rings (SSSR count). The molecule has 1 fully saturated rings. The molecule has 1 saturated carbocycles. The fourth-order valence-electron chi connectivity index (χ4n) is 2.43. The number of hydrogen-bond donors (Lipinski definition) is 1. The Morgan fingerprint density at radius 3 is 2.61 bits per heavy atom. The average Bonchev–Trinajstić information content (AvgIpc) is 3.13. The van der Waals surface area contributed by atoms with E-state index in [1.54, 1.807) is 7.11 Å². The molecule has 0 spiro atoms. The highest BCUT2D eigenvalue weighted by Gasteiger charge is 2.25. The summed E-state index contributed by atoms with van der Waals surface area (Å²) in [5.74, 6) is 2.17. The lowest BCUT2D eigenvalue weighted by Crippen LogP contribution is -2.26. The quantitative estimate of drug-likeness (QED) is 0.830. The van der Waals surface area contributed by atoms with Crippen molar-refractivity contribution in [1.29, 1.82) is 0 Å². The molecule has 1 aromatic rings. The molecule has 1 aromatic carbocycles. The minimum Gasteiger partial charge on any atom is -0.496 e. The Hall–Kier alpha value is -1.02. The Labute approximate surface area is 111 Å². The van der Waals surface area contributed by atoms with Crippen molar-refractivity contribution in [3.8, 4) is 5.75 Å². The molecule has 0 radical (unpaired) electrons. The monoisotopic (exact) mass is 247 g/mol. The van der Waals surface area contributed by atoms with E-state index in [4.69, 9.17) is 4.74 Å². The van der Waals surface area contributed by atoms with Gasteiger partial charge in [-0.1, -0.05) is 31.5 Å². The Kier molecular flexibility index (Phi) is 4.28. The smallest absolute Gasteiger partial charge is 0.122 e. The van der Waals surface area contributed by atoms with E-state index in [9.17, 15) is 0 Å². The van der Waals surface area contributed by atoms with Crippen LogP contribution in [0.3, 0.4) is 0 Å². The van der Waals surface area contributed by atoms with Crippen molar-refractivity contribution >= 4 is 0 Å². The highest BCUT2D eigenvalue weighted by molar-refractivity contribution is 5.40. The van der Waals surface area contributed by atoms with Crippen molar-refractivity contribution in [2.24, 2.45) is 5.92 Å². The molecule has 0 amide bonds. The molecule has 1 N–H and O–H groups in total. The van der Waals surface area contributed by atoms with Crippen molar-refractivity contribution in [3.63, 3.8) is 0 Å².